The van der Waals surface area contributed by atoms with Gasteiger partial charge in [-0.25, -0.2) is 0 Å². The molecule has 0 aromatic rings. The van der Waals surface area contributed by atoms with E-state index in [1.807, 2.05) is 0 Å². The van der Waals surface area contributed by atoms with Gasteiger partial charge in [-0.1, -0.05) is 64.1 Å². The minimum atomic E-state index is -1.60. The van der Waals surface area contributed by atoms with E-state index in [-0.39, 0.29) is 49.1 Å². The summed E-state index contributed by atoms with van der Waals surface area (Å²) in [5.41, 5.74) is -1.85. The number of allylic oxidation sites excluding steroid dienone is 1. The predicted molar refractivity (Wildman–Crippen MR) is 120 cm³/mol. The van der Waals surface area contributed by atoms with Crippen molar-refractivity contribution < 1.29 is 28.5 Å². The number of halogens is 1. The van der Waals surface area contributed by atoms with Crippen LogP contribution in [0.2, 0.25) is 0 Å². The average molecular weight is 491 g/mol. The second-order valence-corrected chi connectivity index (χ2v) is 11.2. The van der Waals surface area contributed by atoms with Crippen LogP contribution >= 0.6 is 15.9 Å². The van der Waals surface area contributed by atoms with Gasteiger partial charge >= 0.3 is 11.9 Å². The van der Waals surface area contributed by atoms with Gasteiger partial charge in [0.15, 0.2) is 11.7 Å². The predicted octanol–water partition coefficient (Wildman–Crippen LogP) is 5.38. The lowest BCUT2D eigenvalue weighted by Gasteiger charge is -2.47. The highest BCUT2D eigenvalue weighted by Crippen LogP contribution is 2.43. The number of hydrogen-bond acceptors (Lipinski definition) is 6. The smallest absolute Gasteiger partial charge is 0.324 e. The maximum absolute atomic E-state index is 13.1. The Labute approximate surface area is 190 Å². The minimum Gasteiger partial charge on any atom is -0.465 e. The molecule has 0 saturated carbocycles. The molecule has 1 aliphatic heterocycles. The van der Waals surface area contributed by atoms with Gasteiger partial charge in [-0.05, 0) is 29.2 Å². The molecule has 1 fully saturated rings. The van der Waals surface area contributed by atoms with Crippen LogP contribution in [0.3, 0.4) is 0 Å². The highest BCUT2D eigenvalue weighted by Gasteiger charge is 2.53. The van der Waals surface area contributed by atoms with Gasteiger partial charge in [-0.2, -0.15) is 0 Å². The van der Waals surface area contributed by atoms with E-state index in [0.717, 1.165) is 6.42 Å². The van der Waals surface area contributed by atoms with Crippen molar-refractivity contribution in [2.45, 2.75) is 93.2 Å². The Kier molecular flexibility index (Phi) is 9.58. The van der Waals surface area contributed by atoms with Crippen LogP contribution in [0, 0.1) is 16.2 Å². The Hall–Kier alpha value is -0.920. The van der Waals surface area contributed by atoms with E-state index < -0.39 is 23.6 Å². The summed E-state index contributed by atoms with van der Waals surface area (Å²) in [6.07, 6.45) is -0.166. The topological polar surface area (TPSA) is 71.1 Å². The molecule has 0 aromatic carbocycles. The summed E-state index contributed by atoms with van der Waals surface area (Å²) in [6.45, 7) is 20.2. The van der Waals surface area contributed by atoms with Crippen molar-refractivity contribution in [2.24, 2.45) is 16.2 Å². The minimum absolute atomic E-state index is 0.00551. The van der Waals surface area contributed by atoms with Crippen LogP contribution < -0.4 is 0 Å². The average Bonchev–Trinajstić information content (AvgIpc) is 2.59. The second kappa shape index (κ2) is 10.6. The van der Waals surface area contributed by atoms with Gasteiger partial charge in [-0.3, -0.25) is 9.59 Å². The first-order valence-corrected chi connectivity index (χ1v) is 11.4. The molecule has 1 saturated heterocycles. The molecule has 0 N–H and O–H groups in total. The molecule has 0 amide bonds. The zero-order valence-corrected chi connectivity index (χ0v) is 21.4. The van der Waals surface area contributed by atoms with Gasteiger partial charge in [0.05, 0.1) is 25.4 Å². The fourth-order valence-electron chi connectivity index (χ4n) is 3.53. The first kappa shape index (κ1) is 27.1. The van der Waals surface area contributed by atoms with Crippen molar-refractivity contribution in [3.63, 3.8) is 0 Å². The molecule has 1 rings (SSSR count). The van der Waals surface area contributed by atoms with Gasteiger partial charge in [0, 0.05) is 19.3 Å². The Morgan fingerprint density at radius 1 is 0.933 bits per heavy atom. The van der Waals surface area contributed by atoms with Crippen molar-refractivity contribution in [3.05, 3.63) is 11.1 Å². The lowest BCUT2D eigenvalue weighted by Crippen LogP contribution is -2.52. The van der Waals surface area contributed by atoms with E-state index in [1.54, 1.807) is 13.8 Å². The lowest BCUT2D eigenvalue weighted by molar-refractivity contribution is -0.287. The molecule has 0 spiro atoms. The third kappa shape index (κ3) is 7.06. The first-order valence-electron chi connectivity index (χ1n) is 10.7. The van der Waals surface area contributed by atoms with Crippen molar-refractivity contribution in [2.75, 3.05) is 13.2 Å². The molecule has 0 radical (unpaired) electrons. The molecule has 0 bridgehead atoms. The summed E-state index contributed by atoms with van der Waals surface area (Å²) < 4.78 is 23.7. The SMILES string of the molecule is C=C(Br)CC(CC1O[C@H](C(C)(C)C)C[C@@H](C(C)(C)C)O1)(C(=O)OCC)C(=O)OCC. The van der Waals surface area contributed by atoms with Crippen LogP contribution in [0.15, 0.2) is 11.1 Å². The summed E-state index contributed by atoms with van der Waals surface area (Å²) in [5, 5.41) is 0. The summed E-state index contributed by atoms with van der Waals surface area (Å²) >= 11 is 3.31. The molecule has 1 aliphatic rings. The van der Waals surface area contributed by atoms with Crippen LogP contribution in [-0.2, 0) is 28.5 Å². The van der Waals surface area contributed by atoms with E-state index >= 15 is 0 Å². The molecule has 30 heavy (non-hydrogen) atoms. The summed E-state index contributed by atoms with van der Waals surface area (Å²) in [7, 11) is 0. The van der Waals surface area contributed by atoms with Crippen molar-refractivity contribution in [1.82, 2.24) is 0 Å². The number of esters is 2. The number of carbonyl (C=O) groups excluding carboxylic acids is 2. The van der Waals surface area contributed by atoms with Crippen LogP contribution in [0.5, 0.6) is 0 Å². The monoisotopic (exact) mass is 490 g/mol. The fourth-order valence-corrected chi connectivity index (χ4v) is 4.01. The zero-order valence-electron chi connectivity index (χ0n) is 19.8. The molecule has 174 valence electrons. The van der Waals surface area contributed by atoms with Crippen LogP contribution in [0.25, 0.3) is 0 Å². The van der Waals surface area contributed by atoms with Gasteiger partial charge in [0.1, 0.15) is 0 Å². The Balaban J connectivity index is 3.37. The number of rotatable bonds is 8. The van der Waals surface area contributed by atoms with Crippen molar-refractivity contribution in [3.8, 4) is 0 Å². The third-order valence-corrected chi connectivity index (χ3v) is 5.61. The molecule has 0 aliphatic carbocycles. The van der Waals surface area contributed by atoms with E-state index in [4.69, 9.17) is 18.9 Å². The number of carbonyl (C=O) groups is 2. The third-order valence-electron chi connectivity index (χ3n) is 5.33. The second-order valence-electron chi connectivity index (χ2n) is 10.1. The summed E-state index contributed by atoms with van der Waals surface area (Å²) in [6, 6.07) is 0. The first-order chi connectivity index (χ1) is 13.7. The molecule has 1 heterocycles. The van der Waals surface area contributed by atoms with Gasteiger partial charge < -0.3 is 18.9 Å². The normalized spacial score (nSPS) is 23.0. The van der Waals surface area contributed by atoms with Gasteiger partial charge in [0.2, 0.25) is 0 Å². The molecular weight excluding hydrogens is 452 g/mol. The Bertz CT molecular complexity index is 576. The quantitative estimate of drug-likeness (QED) is 0.335. The molecule has 0 unspecified atom stereocenters. The van der Waals surface area contributed by atoms with Gasteiger partial charge in [0.25, 0.3) is 0 Å². The number of ether oxygens (including phenoxy) is 4. The molecule has 6 nitrogen and oxygen atoms in total. The highest BCUT2D eigenvalue weighted by molar-refractivity contribution is 9.11. The molecular formula is C23H39BrO6. The Morgan fingerprint density at radius 3 is 1.63 bits per heavy atom. The largest absolute Gasteiger partial charge is 0.465 e. The lowest BCUT2D eigenvalue weighted by atomic mass is 9.77. The van der Waals surface area contributed by atoms with E-state index in [1.165, 1.54) is 0 Å². The maximum Gasteiger partial charge on any atom is 0.324 e. The zero-order chi connectivity index (χ0) is 23.3. The van der Waals surface area contributed by atoms with Crippen LogP contribution in [-0.4, -0.2) is 43.7 Å². The molecule has 7 heteroatoms. The molecule has 2 atom stereocenters. The number of hydrogen-bond donors (Lipinski definition) is 0. The van der Waals surface area contributed by atoms with E-state index in [2.05, 4.69) is 64.1 Å². The standard InChI is InChI=1S/C23H39BrO6/c1-10-27-19(25)23(13-15(3)24,20(26)28-11-2)14-18-29-16(21(4,5)6)12-17(30-18)22(7,8)9/h16-18H,3,10-14H2,1-2,4-9H3/t16-,17-/m0/s1. The summed E-state index contributed by atoms with van der Waals surface area (Å²) in [4.78, 5) is 26.1. The summed E-state index contributed by atoms with van der Waals surface area (Å²) in [5.74, 6) is -1.30. The van der Waals surface area contributed by atoms with Crippen LogP contribution in [0.1, 0.15) is 74.7 Å². The van der Waals surface area contributed by atoms with Crippen molar-refractivity contribution >= 4 is 27.9 Å². The van der Waals surface area contributed by atoms with Crippen molar-refractivity contribution in [1.29, 1.82) is 0 Å². The molecule has 0 aromatic heterocycles. The fraction of sp³-hybridized carbons (Fsp3) is 0.826. The van der Waals surface area contributed by atoms with Gasteiger partial charge in [-0.15, -0.1) is 0 Å². The maximum atomic E-state index is 13.1. The van der Waals surface area contributed by atoms with E-state index in [9.17, 15) is 9.59 Å². The van der Waals surface area contributed by atoms with E-state index in [0.29, 0.717) is 4.48 Å². The Morgan fingerprint density at radius 2 is 1.33 bits per heavy atom. The highest BCUT2D eigenvalue weighted by atomic mass is 79.9. The van der Waals surface area contributed by atoms with Crippen LogP contribution in [0.4, 0.5) is 0 Å².